The molecule has 0 aliphatic carbocycles. The Morgan fingerprint density at radius 3 is 2.69 bits per heavy atom. The van der Waals surface area contributed by atoms with E-state index in [-0.39, 0.29) is 22.9 Å². The van der Waals surface area contributed by atoms with Crippen molar-refractivity contribution in [3.05, 3.63) is 29.0 Å². The molecule has 1 aromatic rings. The molecule has 1 atom stereocenters. The van der Waals surface area contributed by atoms with Gasteiger partial charge in [0, 0.05) is 6.42 Å². The molecular formula is C12H16ClFO2. The third-order valence-corrected chi connectivity index (χ3v) is 2.63. The molecule has 0 radical (unpaired) electrons. The Hall–Kier alpha value is -0.800. The summed E-state index contributed by atoms with van der Waals surface area (Å²) in [6.45, 7) is 4.25. The Bertz CT molecular complexity index is 342. The quantitative estimate of drug-likeness (QED) is 0.864. The second-order valence-corrected chi connectivity index (χ2v) is 4.43. The van der Waals surface area contributed by atoms with E-state index < -0.39 is 0 Å². The largest absolute Gasteiger partial charge is 0.492 e. The van der Waals surface area contributed by atoms with E-state index in [2.05, 4.69) is 0 Å². The van der Waals surface area contributed by atoms with Gasteiger partial charge in [0.05, 0.1) is 17.7 Å². The molecule has 1 N–H and O–H groups in total. The van der Waals surface area contributed by atoms with E-state index >= 15 is 0 Å². The fourth-order valence-electron chi connectivity index (χ4n) is 1.22. The Labute approximate surface area is 100.0 Å². The van der Waals surface area contributed by atoms with Crippen LogP contribution in [0.4, 0.5) is 4.39 Å². The Kier molecular flexibility index (Phi) is 5.03. The molecule has 1 aromatic carbocycles. The second kappa shape index (κ2) is 6.06. The lowest BCUT2D eigenvalue weighted by atomic mass is 10.1. The van der Waals surface area contributed by atoms with E-state index in [0.717, 1.165) is 0 Å². The molecule has 1 unspecified atom stereocenters. The molecule has 90 valence electrons. The number of benzene rings is 1. The van der Waals surface area contributed by atoms with Crippen molar-refractivity contribution in [3.63, 3.8) is 0 Å². The van der Waals surface area contributed by atoms with Crippen LogP contribution in [0.15, 0.2) is 18.2 Å². The van der Waals surface area contributed by atoms with E-state index in [4.69, 9.17) is 16.3 Å². The van der Waals surface area contributed by atoms with Gasteiger partial charge in [0.2, 0.25) is 0 Å². The first-order valence-electron chi connectivity index (χ1n) is 5.26. The summed E-state index contributed by atoms with van der Waals surface area (Å²) >= 11 is 5.78. The molecule has 0 aliphatic heterocycles. The van der Waals surface area contributed by atoms with Crippen LogP contribution in [0.5, 0.6) is 5.75 Å². The summed E-state index contributed by atoms with van der Waals surface area (Å²) in [5.41, 5.74) is 0. The van der Waals surface area contributed by atoms with Gasteiger partial charge < -0.3 is 9.84 Å². The van der Waals surface area contributed by atoms with Gasteiger partial charge in [-0.25, -0.2) is 4.39 Å². The molecule has 0 saturated carbocycles. The maximum atomic E-state index is 12.7. The summed E-state index contributed by atoms with van der Waals surface area (Å²) in [4.78, 5) is 0. The number of hydrogen-bond donors (Lipinski definition) is 1. The van der Waals surface area contributed by atoms with E-state index in [1.54, 1.807) is 0 Å². The fraction of sp³-hybridized carbons (Fsp3) is 0.500. The summed E-state index contributed by atoms with van der Waals surface area (Å²) in [6, 6.07) is 3.98. The van der Waals surface area contributed by atoms with Gasteiger partial charge in [-0.1, -0.05) is 25.4 Å². The normalized spacial score (nSPS) is 12.9. The van der Waals surface area contributed by atoms with E-state index in [0.29, 0.717) is 18.8 Å². The van der Waals surface area contributed by atoms with Gasteiger partial charge in [0.15, 0.2) is 0 Å². The highest BCUT2D eigenvalue weighted by molar-refractivity contribution is 6.32. The van der Waals surface area contributed by atoms with Gasteiger partial charge >= 0.3 is 0 Å². The fourth-order valence-corrected chi connectivity index (χ4v) is 1.44. The minimum Gasteiger partial charge on any atom is -0.492 e. The van der Waals surface area contributed by atoms with Gasteiger partial charge in [0.25, 0.3) is 0 Å². The van der Waals surface area contributed by atoms with Crippen molar-refractivity contribution >= 4 is 11.6 Å². The first-order valence-corrected chi connectivity index (χ1v) is 5.64. The smallest absolute Gasteiger partial charge is 0.138 e. The molecule has 0 heterocycles. The summed E-state index contributed by atoms with van der Waals surface area (Å²) in [5, 5.41) is 9.79. The van der Waals surface area contributed by atoms with Crippen LogP contribution in [-0.2, 0) is 0 Å². The van der Waals surface area contributed by atoms with Crippen molar-refractivity contribution in [1.82, 2.24) is 0 Å². The molecule has 0 aliphatic rings. The summed E-state index contributed by atoms with van der Waals surface area (Å²) in [7, 11) is 0. The molecule has 4 heteroatoms. The molecule has 0 aromatic heterocycles. The average molecular weight is 247 g/mol. The van der Waals surface area contributed by atoms with Crippen molar-refractivity contribution in [2.45, 2.75) is 26.4 Å². The Morgan fingerprint density at radius 2 is 2.12 bits per heavy atom. The maximum Gasteiger partial charge on any atom is 0.138 e. The van der Waals surface area contributed by atoms with Crippen LogP contribution in [0.2, 0.25) is 5.02 Å². The summed E-state index contributed by atoms with van der Waals surface area (Å²) in [6.07, 6.45) is 0.143. The second-order valence-electron chi connectivity index (χ2n) is 4.02. The minimum atomic E-state index is -0.390. The molecule has 0 spiro atoms. The van der Waals surface area contributed by atoms with Crippen LogP contribution >= 0.6 is 11.6 Å². The van der Waals surface area contributed by atoms with Gasteiger partial charge in [-0.15, -0.1) is 0 Å². The lowest BCUT2D eigenvalue weighted by Crippen LogP contribution is -2.18. The summed E-state index contributed by atoms with van der Waals surface area (Å²) in [5.74, 6) is 0.255. The highest BCUT2D eigenvalue weighted by atomic mass is 35.5. The predicted octanol–water partition coefficient (Wildman–Crippen LogP) is 3.26. The zero-order chi connectivity index (χ0) is 12.1. The van der Waals surface area contributed by atoms with Crippen molar-refractivity contribution in [1.29, 1.82) is 0 Å². The van der Waals surface area contributed by atoms with E-state index in [1.165, 1.54) is 18.2 Å². The summed E-state index contributed by atoms with van der Waals surface area (Å²) < 4.78 is 18.1. The van der Waals surface area contributed by atoms with Gasteiger partial charge in [0.1, 0.15) is 11.6 Å². The zero-order valence-corrected chi connectivity index (χ0v) is 10.2. The molecule has 1 rings (SSSR count). The van der Waals surface area contributed by atoms with E-state index in [9.17, 15) is 9.50 Å². The zero-order valence-electron chi connectivity index (χ0n) is 9.41. The lowest BCUT2D eigenvalue weighted by molar-refractivity contribution is 0.0976. The van der Waals surface area contributed by atoms with Gasteiger partial charge in [-0.3, -0.25) is 0 Å². The molecule has 0 amide bonds. The number of aliphatic hydroxyl groups is 1. The lowest BCUT2D eigenvalue weighted by Gasteiger charge is -2.15. The number of rotatable bonds is 5. The predicted molar refractivity (Wildman–Crippen MR) is 62.4 cm³/mol. The van der Waals surface area contributed by atoms with Crippen LogP contribution < -0.4 is 4.74 Å². The Morgan fingerprint density at radius 1 is 1.44 bits per heavy atom. The maximum absolute atomic E-state index is 12.7. The van der Waals surface area contributed by atoms with Crippen molar-refractivity contribution in [3.8, 4) is 5.75 Å². The van der Waals surface area contributed by atoms with Crippen LogP contribution in [0, 0.1) is 11.7 Å². The number of hydrogen-bond acceptors (Lipinski definition) is 2. The average Bonchev–Trinajstić information content (AvgIpc) is 2.20. The van der Waals surface area contributed by atoms with Crippen molar-refractivity contribution in [2.75, 3.05) is 6.61 Å². The monoisotopic (exact) mass is 246 g/mol. The molecule has 2 nitrogen and oxygen atoms in total. The van der Waals surface area contributed by atoms with Crippen LogP contribution in [0.1, 0.15) is 20.3 Å². The molecular weight excluding hydrogens is 231 g/mol. The Balaban J connectivity index is 2.43. The van der Waals surface area contributed by atoms with Crippen molar-refractivity contribution in [2.24, 2.45) is 5.92 Å². The van der Waals surface area contributed by atoms with Gasteiger partial charge in [-0.2, -0.15) is 0 Å². The molecule has 0 fully saturated rings. The first-order chi connectivity index (χ1) is 7.50. The number of ether oxygens (including phenoxy) is 1. The highest BCUT2D eigenvalue weighted by Gasteiger charge is 2.09. The van der Waals surface area contributed by atoms with Crippen molar-refractivity contribution < 1.29 is 14.2 Å². The SMILES string of the molecule is CC(C)C(O)CCOc1ccc(F)cc1Cl. The molecule has 16 heavy (non-hydrogen) atoms. The van der Waals surface area contributed by atoms with Gasteiger partial charge in [-0.05, 0) is 24.1 Å². The highest BCUT2D eigenvalue weighted by Crippen LogP contribution is 2.25. The molecule has 0 bridgehead atoms. The topological polar surface area (TPSA) is 29.5 Å². The van der Waals surface area contributed by atoms with E-state index in [1.807, 2.05) is 13.8 Å². The molecule has 0 saturated heterocycles. The third-order valence-electron chi connectivity index (χ3n) is 2.33. The van der Waals surface area contributed by atoms with Crippen LogP contribution in [-0.4, -0.2) is 17.8 Å². The number of halogens is 2. The number of aliphatic hydroxyl groups excluding tert-OH is 1. The first kappa shape index (κ1) is 13.3. The minimum absolute atomic E-state index is 0.201. The van der Waals surface area contributed by atoms with Crippen LogP contribution in [0.3, 0.4) is 0 Å². The standard InChI is InChI=1S/C12H16ClFO2/c1-8(2)11(15)5-6-16-12-4-3-9(14)7-10(12)13/h3-4,7-8,11,15H,5-6H2,1-2H3. The third kappa shape index (κ3) is 3.99. The van der Waals surface area contributed by atoms with Crippen LogP contribution in [0.25, 0.3) is 0 Å².